The van der Waals surface area contributed by atoms with Crippen LogP contribution in [0.4, 0.5) is 5.69 Å². The van der Waals surface area contributed by atoms with E-state index in [1.807, 2.05) is 0 Å². The fourth-order valence-corrected chi connectivity index (χ4v) is 2.41. The number of aliphatic hydroxyl groups is 1. The molecule has 0 aliphatic carbocycles. The number of carbonyl (C=O) groups excluding carboxylic acids is 2. The maximum absolute atomic E-state index is 12.2. The first kappa shape index (κ1) is 14.5. The molecule has 1 aliphatic rings. The van der Waals surface area contributed by atoms with Crippen LogP contribution in [0.15, 0.2) is 24.3 Å². The lowest BCUT2D eigenvalue weighted by atomic mass is 9.97. The van der Waals surface area contributed by atoms with Crippen LogP contribution in [0.5, 0.6) is 0 Å². The number of piperidine rings is 1. The molecule has 0 radical (unpaired) electrons. The topological polar surface area (TPSA) is 69.6 Å². The van der Waals surface area contributed by atoms with Crippen LogP contribution in [0.1, 0.15) is 25.3 Å². The van der Waals surface area contributed by atoms with Crippen LogP contribution in [0, 0.1) is 5.92 Å². The van der Waals surface area contributed by atoms with Crippen LogP contribution in [0.25, 0.3) is 0 Å². The molecule has 2 rings (SSSR count). The van der Waals surface area contributed by atoms with Gasteiger partial charge in [-0.3, -0.25) is 9.59 Å². The highest BCUT2D eigenvalue weighted by molar-refractivity contribution is 5.93. The fraction of sp³-hybridized carbons (Fsp3) is 0.467. The smallest absolute Gasteiger partial charge is 0.229 e. The van der Waals surface area contributed by atoms with E-state index in [-0.39, 0.29) is 24.3 Å². The SMILES string of the molecule is CC(=O)N1CCCC(C(=O)Nc2ccc(CO)cc2)C1. The van der Waals surface area contributed by atoms with Crippen LogP contribution >= 0.6 is 0 Å². The van der Waals surface area contributed by atoms with Crippen molar-refractivity contribution in [1.29, 1.82) is 0 Å². The number of hydrogen-bond donors (Lipinski definition) is 2. The van der Waals surface area contributed by atoms with Crippen molar-refractivity contribution in [2.24, 2.45) is 5.92 Å². The number of benzene rings is 1. The van der Waals surface area contributed by atoms with Crippen molar-refractivity contribution in [2.75, 3.05) is 18.4 Å². The van der Waals surface area contributed by atoms with Crippen molar-refractivity contribution in [3.05, 3.63) is 29.8 Å². The quantitative estimate of drug-likeness (QED) is 0.876. The van der Waals surface area contributed by atoms with Crippen LogP contribution in [-0.4, -0.2) is 34.9 Å². The second-order valence-corrected chi connectivity index (χ2v) is 5.15. The Labute approximate surface area is 118 Å². The lowest BCUT2D eigenvalue weighted by Gasteiger charge is -2.31. The number of nitrogens with one attached hydrogen (secondary N) is 1. The highest BCUT2D eigenvalue weighted by atomic mass is 16.3. The van der Waals surface area contributed by atoms with Gasteiger partial charge in [0.05, 0.1) is 12.5 Å². The second-order valence-electron chi connectivity index (χ2n) is 5.15. The predicted molar refractivity (Wildman–Crippen MR) is 76.0 cm³/mol. The minimum atomic E-state index is -0.148. The van der Waals surface area contributed by atoms with E-state index in [1.54, 1.807) is 29.2 Å². The molecule has 1 heterocycles. The first-order valence-corrected chi connectivity index (χ1v) is 6.86. The lowest BCUT2D eigenvalue weighted by molar-refractivity contribution is -0.132. The second kappa shape index (κ2) is 6.52. The van der Waals surface area contributed by atoms with Gasteiger partial charge in [0.1, 0.15) is 0 Å². The Morgan fingerprint density at radius 2 is 2.05 bits per heavy atom. The minimum absolute atomic E-state index is 0.00950. The third-order valence-corrected chi connectivity index (χ3v) is 3.64. The summed E-state index contributed by atoms with van der Waals surface area (Å²) >= 11 is 0. The predicted octanol–water partition coefficient (Wildman–Crippen LogP) is 1.38. The Morgan fingerprint density at radius 3 is 2.65 bits per heavy atom. The summed E-state index contributed by atoms with van der Waals surface area (Å²) in [5, 5.41) is 11.8. The molecule has 1 aromatic carbocycles. The van der Waals surface area contributed by atoms with E-state index in [1.165, 1.54) is 6.92 Å². The molecule has 1 atom stereocenters. The van der Waals surface area contributed by atoms with Crippen molar-refractivity contribution in [1.82, 2.24) is 4.90 Å². The van der Waals surface area contributed by atoms with E-state index in [2.05, 4.69) is 5.32 Å². The molecule has 0 spiro atoms. The normalized spacial score (nSPS) is 18.7. The third kappa shape index (κ3) is 3.57. The largest absolute Gasteiger partial charge is 0.392 e. The number of carbonyl (C=O) groups is 2. The van der Waals surface area contributed by atoms with Gasteiger partial charge in [-0.2, -0.15) is 0 Å². The Kier molecular flexibility index (Phi) is 4.74. The summed E-state index contributed by atoms with van der Waals surface area (Å²) in [6.45, 7) is 2.76. The molecular weight excluding hydrogens is 256 g/mol. The van der Waals surface area contributed by atoms with Gasteiger partial charge >= 0.3 is 0 Å². The maximum atomic E-state index is 12.2. The highest BCUT2D eigenvalue weighted by Gasteiger charge is 2.26. The summed E-state index contributed by atoms with van der Waals surface area (Å²) in [7, 11) is 0. The molecule has 20 heavy (non-hydrogen) atoms. The summed E-state index contributed by atoms with van der Waals surface area (Å²) < 4.78 is 0. The molecule has 0 bridgehead atoms. The fourth-order valence-electron chi connectivity index (χ4n) is 2.41. The minimum Gasteiger partial charge on any atom is -0.392 e. The van der Waals surface area contributed by atoms with Crippen molar-refractivity contribution >= 4 is 17.5 Å². The van der Waals surface area contributed by atoms with E-state index in [9.17, 15) is 9.59 Å². The van der Waals surface area contributed by atoms with Crippen molar-refractivity contribution in [3.8, 4) is 0 Å². The Morgan fingerprint density at radius 1 is 1.35 bits per heavy atom. The molecule has 108 valence electrons. The van der Waals surface area contributed by atoms with E-state index in [0.717, 1.165) is 24.9 Å². The standard InChI is InChI=1S/C15H20N2O3/c1-11(19)17-8-2-3-13(9-17)15(20)16-14-6-4-12(10-18)5-7-14/h4-7,13,18H,2-3,8-10H2,1H3,(H,16,20). The lowest BCUT2D eigenvalue weighted by Crippen LogP contribution is -2.42. The van der Waals surface area contributed by atoms with Crippen LogP contribution in [0.2, 0.25) is 0 Å². The monoisotopic (exact) mass is 276 g/mol. The third-order valence-electron chi connectivity index (χ3n) is 3.64. The molecule has 1 unspecified atom stereocenters. The molecule has 0 aromatic heterocycles. The van der Waals surface area contributed by atoms with Gasteiger partial charge in [0, 0.05) is 25.7 Å². The molecule has 1 fully saturated rings. The van der Waals surface area contributed by atoms with E-state index in [4.69, 9.17) is 5.11 Å². The number of anilines is 1. The Bertz CT molecular complexity index is 484. The van der Waals surface area contributed by atoms with Gasteiger partial charge in [-0.1, -0.05) is 12.1 Å². The van der Waals surface area contributed by atoms with E-state index in [0.29, 0.717) is 12.2 Å². The highest BCUT2D eigenvalue weighted by Crippen LogP contribution is 2.19. The molecule has 2 amide bonds. The van der Waals surface area contributed by atoms with Crippen molar-refractivity contribution in [2.45, 2.75) is 26.4 Å². The van der Waals surface area contributed by atoms with Gasteiger partial charge in [0.2, 0.25) is 11.8 Å². The molecule has 5 nitrogen and oxygen atoms in total. The molecular formula is C15H20N2O3. The van der Waals surface area contributed by atoms with Crippen molar-refractivity contribution in [3.63, 3.8) is 0 Å². The van der Waals surface area contributed by atoms with Gasteiger partial charge in [-0.15, -0.1) is 0 Å². The number of amides is 2. The average Bonchev–Trinajstić information content (AvgIpc) is 2.48. The zero-order chi connectivity index (χ0) is 14.5. The average molecular weight is 276 g/mol. The van der Waals surface area contributed by atoms with Crippen LogP contribution in [-0.2, 0) is 16.2 Å². The molecule has 5 heteroatoms. The summed E-state index contributed by atoms with van der Waals surface area (Å²) in [4.78, 5) is 25.3. The Balaban J connectivity index is 1.95. The van der Waals surface area contributed by atoms with Crippen LogP contribution < -0.4 is 5.32 Å². The summed E-state index contributed by atoms with van der Waals surface area (Å²) in [6, 6.07) is 7.10. The summed E-state index contributed by atoms with van der Waals surface area (Å²) in [6.07, 6.45) is 1.67. The van der Waals surface area contributed by atoms with Gasteiger partial charge in [-0.05, 0) is 30.5 Å². The first-order valence-electron chi connectivity index (χ1n) is 6.86. The maximum Gasteiger partial charge on any atom is 0.229 e. The van der Waals surface area contributed by atoms with Gasteiger partial charge in [-0.25, -0.2) is 0 Å². The molecule has 1 saturated heterocycles. The molecule has 2 N–H and O–H groups in total. The number of aliphatic hydroxyl groups excluding tert-OH is 1. The zero-order valence-electron chi connectivity index (χ0n) is 11.6. The number of likely N-dealkylation sites (tertiary alicyclic amines) is 1. The Hall–Kier alpha value is -1.88. The molecule has 1 aromatic rings. The first-order chi connectivity index (χ1) is 9.60. The number of hydrogen-bond acceptors (Lipinski definition) is 3. The summed E-state index contributed by atoms with van der Waals surface area (Å²) in [5.41, 5.74) is 1.52. The zero-order valence-corrected chi connectivity index (χ0v) is 11.6. The van der Waals surface area contributed by atoms with Gasteiger partial charge in [0.25, 0.3) is 0 Å². The van der Waals surface area contributed by atoms with Crippen molar-refractivity contribution < 1.29 is 14.7 Å². The van der Waals surface area contributed by atoms with Crippen LogP contribution in [0.3, 0.4) is 0 Å². The number of nitrogens with zero attached hydrogens (tertiary/aromatic N) is 1. The summed E-state index contributed by atoms with van der Waals surface area (Å²) in [5.74, 6) is -0.173. The van der Waals surface area contributed by atoms with Gasteiger partial charge < -0.3 is 15.3 Å². The van der Waals surface area contributed by atoms with Gasteiger partial charge in [0.15, 0.2) is 0 Å². The van der Waals surface area contributed by atoms with E-state index < -0.39 is 0 Å². The molecule has 1 aliphatic heterocycles. The number of rotatable bonds is 3. The van der Waals surface area contributed by atoms with E-state index >= 15 is 0 Å². The molecule has 0 saturated carbocycles.